The Morgan fingerprint density at radius 3 is 2.77 bits per heavy atom. The minimum atomic E-state index is -1.19. The number of hydrogen-bond acceptors (Lipinski definition) is 3. The molecule has 0 aromatic heterocycles. The predicted octanol–water partition coefficient (Wildman–Crippen LogP) is 0.518. The summed E-state index contributed by atoms with van der Waals surface area (Å²) in [5.41, 5.74) is 0. The molecule has 1 aliphatic rings. The summed E-state index contributed by atoms with van der Waals surface area (Å²) in [6, 6.07) is -0.583. The van der Waals surface area contributed by atoms with Crippen molar-refractivity contribution in [1.29, 1.82) is 0 Å². The van der Waals surface area contributed by atoms with Gasteiger partial charge in [-0.3, -0.25) is 4.79 Å². The Morgan fingerprint density at radius 2 is 2.38 bits per heavy atom. The number of aliphatic carboxylic acids is 1. The van der Waals surface area contributed by atoms with Crippen LogP contribution in [-0.2, 0) is 15.8 Å². The van der Waals surface area contributed by atoms with Gasteiger partial charge in [0, 0.05) is 12.0 Å². The molecule has 76 valence electrons. The first-order valence-corrected chi connectivity index (χ1v) is 6.60. The fraction of sp³-hybridized carbons (Fsp3) is 0.857. The molecule has 0 radical (unpaired) electrons. The van der Waals surface area contributed by atoms with Crippen molar-refractivity contribution in [2.75, 3.05) is 12.0 Å². The van der Waals surface area contributed by atoms with E-state index in [0.29, 0.717) is 5.75 Å². The topological polar surface area (TPSA) is 57.6 Å². The van der Waals surface area contributed by atoms with Crippen LogP contribution in [0.1, 0.15) is 13.3 Å². The third-order valence-corrected chi connectivity index (χ3v) is 4.66. The zero-order chi connectivity index (χ0) is 10.0. The highest BCUT2D eigenvalue weighted by Crippen LogP contribution is 2.31. The maximum atomic E-state index is 11.3. The van der Waals surface area contributed by atoms with E-state index < -0.39 is 23.0 Å². The molecule has 1 heterocycles. The summed E-state index contributed by atoms with van der Waals surface area (Å²) >= 11 is 1.57. The van der Waals surface area contributed by atoms with Crippen molar-refractivity contribution < 1.29 is 14.1 Å². The van der Waals surface area contributed by atoms with E-state index in [4.69, 9.17) is 5.11 Å². The quantitative estimate of drug-likeness (QED) is 0.757. The van der Waals surface area contributed by atoms with Crippen LogP contribution < -0.4 is 0 Å². The summed E-state index contributed by atoms with van der Waals surface area (Å²) < 4.78 is 12.9. The normalized spacial score (nSPS) is 31.8. The highest BCUT2D eigenvalue weighted by atomic mass is 32.2. The van der Waals surface area contributed by atoms with Gasteiger partial charge in [0.1, 0.15) is 6.04 Å². The lowest BCUT2D eigenvalue weighted by molar-refractivity contribution is -0.140. The number of rotatable bonds is 3. The Hall–Kier alpha value is -0.0700. The standard InChI is InChI=1S/C7H13NO3S2/c1-3-6-8(13(2)11)5(4-12-6)7(9)10/h5-6H,3-4H2,1-2H3,(H,9,10). The molecule has 0 aromatic carbocycles. The molecule has 1 N–H and O–H groups in total. The highest BCUT2D eigenvalue weighted by Gasteiger charge is 2.39. The molecule has 1 fully saturated rings. The van der Waals surface area contributed by atoms with E-state index in [0.717, 1.165) is 6.42 Å². The molecule has 1 aliphatic heterocycles. The molecule has 1 saturated heterocycles. The lowest BCUT2D eigenvalue weighted by Crippen LogP contribution is -2.42. The van der Waals surface area contributed by atoms with Gasteiger partial charge in [0.2, 0.25) is 0 Å². The van der Waals surface area contributed by atoms with Crippen LogP contribution in [0, 0.1) is 0 Å². The average Bonchev–Trinajstić information content (AvgIpc) is 2.46. The van der Waals surface area contributed by atoms with E-state index in [1.807, 2.05) is 6.92 Å². The van der Waals surface area contributed by atoms with Gasteiger partial charge in [-0.15, -0.1) is 11.8 Å². The Kier molecular flexibility index (Phi) is 3.75. The summed E-state index contributed by atoms with van der Waals surface area (Å²) in [6.07, 6.45) is 2.36. The smallest absolute Gasteiger partial charge is 0.322 e. The SMILES string of the molecule is CCC1SCC(C(=O)O)N1S(C)=O. The van der Waals surface area contributed by atoms with E-state index >= 15 is 0 Å². The fourth-order valence-corrected chi connectivity index (χ4v) is 4.25. The van der Waals surface area contributed by atoms with Crippen LogP contribution >= 0.6 is 11.8 Å². The fourth-order valence-electron chi connectivity index (χ4n) is 1.37. The number of hydrogen-bond donors (Lipinski definition) is 1. The molecule has 6 heteroatoms. The Bertz CT molecular complexity index is 234. The van der Waals surface area contributed by atoms with E-state index in [2.05, 4.69) is 0 Å². The molecule has 1 rings (SSSR count). The first-order chi connectivity index (χ1) is 6.07. The summed E-state index contributed by atoms with van der Waals surface area (Å²) in [4.78, 5) is 10.8. The van der Waals surface area contributed by atoms with Crippen LogP contribution in [0.5, 0.6) is 0 Å². The summed E-state index contributed by atoms with van der Waals surface area (Å²) in [7, 11) is -1.19. The van der Waals surface area contributed by atoms with Gasteiger partial charge in [0.15, 0.2) is 0 Å². The predicted molar refractivity (Wildman–Crippen MR) is 53.9 cm³/mol. The number of carboxylic acid groups (broad SMARTS) is 1. The first-order valence-electron chi connectivity index (χ1n) is 4.04. The molecule has 0 amide bonds. The van der Waals surface area contributed by atoms with Crippen molar-refractivity contribution in [3.63, 3.8) is 0 Å². The lowest BCUT2D eigenvalue weighted by atomic mass is 10.3. The second-order valence-electron chi connectivity index (χ2n) is 2.83. The molecular formula is C7H13NO3S2. The largest absolute Gasteiger partial charge is 0.480 e. The van der Waals surface area contributed by atoms with Crippen LogP contribution in [-0.4, -0.2) is 43.0 Å². The van der Waals surface area contributed by atoms with Gasteiger partial charge in [0.05, 0.1) is 16.4 Å². The van der Waals surface area contributed by atoms with Crippen LogP contribution in [0.2, 0.25) is 0 Å². The van der Waals surface area contributed by atoms with Crippen LogP contribution in [0.3, 0.4) is 0 Å². The number of thioether (sulfide) groups is 1. The van der Waals surface area contributed by atoms with Crippen molar-refractivity contribution in [2.24, 2.45) is 0 Å². The molecule has 13 heavy (non-hydrogen) atoms. The second kappa shape index (κ2) is 4.43. The summed E-state index contributed by atoms with van der Waals surface area (Å²) in [6.45, 7) is 1.97. The van der Waals surface area contributed by atoms with Gasteiger partial charge in [-0.2, -0.15) is 4.31 Å². The van der Waals surface area contributed by atoms with Crippen molar-refractivity contribution in [2.45, 2.75) is 24.8 Å². The van der Waals surface area contributed by atoms with E-state index in [9.17, 15) is 9.00 Å². The van der Waals surface area contributed by atoms with Gasteiger partial charge in [-0.05, 0) is 6.42 Å². The van der Waals surface area contributed by atoms with Crippen molar-refractivity contribution in [3.8, 4) is 0 Å². The van der Waals surface area contributed by atoms with Gasteiger partial charge in [0.25, 0.3) is 0 Å². The van der Waals surface area contributed by atoms with Crippen molar-refractivity contribution >= 4 is 28.7 Å². The minimum absolute atomic E-state index is 0.0898. The van der Waals surface area contributed by atoms with Gasteiger partial charge < -0.3 is 5.11 Å². The van der Waals surface area contributed by atoms with Crippen LogP contribution in [0.15, 0.2) is 0 Å². The maximum Gasteiger partial charge on any atom is 0.322 e. The Morgan fingerprint density at radius 1 is 1.77 bits per heavy atom. The van der Waals surface area contributed by atoms with Crippen molar-refractivity contribution in [1.82, 2.24) is 4.31 Å². The van der Waals surface area contributed by atoms with E-state index in [-0.39, 0.29) is 5.37 Å². The average molecular weight is 223 g/mol. The van der Waals surface area contributed by atoms with E-state index in [1.54, 1.807) is 16.1 Å². The first kappa shape index (κ1) is 11.0. The van der Waals surface area contributed by atoms with Crippen LogP contribution in [0.4, 0.5) is 0 Å². The minimum Gasteiger partial charge on any atom is -0.480 e. The molecule has 0 aromatic rings. The molecule has 4 nitrogen and oxygen atoms in total. The Labute approximate surface area is 84.3 Å². The van der Waals surface area contributed by atoms with Crippen LogP contribution in [0.25, 0.3) is 0 Å². The van der Waals surface area contributed by atoms with Crippen molar-refractivity contribution in [3.05, 3.63) is 0 Å². The Balaban J connectivity index is 2.78. The number of carboxylic acids is 1. The maximum absolute atomic E-state index is 11.3. The number of carbonyl (C=O) groups is 1. The highest BCUT2D eigenvalue weighted by molar-refractivity contribution is 8.01. The summed E-state index contributed by atoms with van der Waals surface area (Å²) in [5.74, 6) is -0.341. The third-order valence-electron chi connectivity index (χ3n) is 1.97. The summed E-state index contributed by atoms with van der Waals surface area (Å²) in [5, 5.41) is 8.95. The molecule has 0 aliphatic carbocycles. The van der Waals surface area contributed by atoms with Gasteiger partial charge >= 0.3 is 5.97 Å². The molecule has 0 bridgehead atoms. The zero-order valence-corrected chi connectivity index (χ0v) is 9.23. The monoisotopic (exact) mass is 223 g/mol. The molecule has 3 atom stereocenters. The lowest BCUT2D eigenvalue weighted by Gasteiger charge is -2.22. The second-order valence-corrected chi connectivity index (χ2v) is 5.31. The molecular weight excluding hydrogens is 210 g/mol. The molecule has 0 saturated carbocycles. The van der Waals surface area contributed by atoms with E-state index in [1.165, 1.54) is 6.26 Å². The number of nitrogens with zero attached hydrogens (tertiary/aromatic N) is 1. The molecule has 0 spiro atoms. The third kappa shape index (κ3) is 2.24. The molecule has 3 unspecified atom stereocenters. The zero-order valence-electron chi connectivity index (χ0n) is 7.60. The van der Waals surface area contributed by atoms with Gasteiger partial charge in [-0.1, -0.05) is 6.92 Å². The van der Waals surface area contributed by atoms with Gasteiger partial charge in [-0.25, -0.2) is 4.21 Å².